The third kappa shape index (κ3) is 6.87. The van der Waals surface area contributed by atoms with E-state index in [0.29, 0.717) is 35.1 Å². The molecule has 0 amide bonds. The predicted molar refractivity (Wildman–Crippen MR) is 139 cm³/mol. The van der Waals surface area contributed by atoms with Crippen LogP contribution >= 0.6 is 11.6 Å². The zero-order valence-corrected chi connectivity index (χ0v) is 20.5. The van der Waals surface area contributed by atoms with Crippen molar-refractivity contribution in [2.45, 2.75) is 33.1 Å². The summed E-state index contributed by atoms with van der Waals surface area (Å²) in [6, 6.07) is 27.3. The van der Waals surface area contributed by atoms with Crippen molar-refractivity contribution in [2.24, 2.45) is 0 Å². The Morgan fingerprint density at radius 1 is 0.800 bits per heavy atom. The van der Waals surface area contributed by atoms with E-state index in [-0.39, 0.29) is 6.42 Å². The minimum atomic E-state index is -0.801. The molecule has 0 heterocycles. The molecule has 0 aliphatic rings. The monoisotopic (exact) mass is 486 g/mol. The molecule has 4 nitrogen and oxygen atoms in total. The zero-order valence-electron chi connectivity index (χ0n) is 19.8. The number of aryl methyl sites for hydroxylation is 3. The van der Waals surface area contributed by atoms with Crippen LogP contribution < -0.4 is 9.47 Å². The van der Waals surface area contributed by atoms with Gasteiger partial charge in [0.05, 0.1) is 0 Å². The van der Waals surface area contributed by atoms with Gasteiger partial charge in [-0.25, -0.2) is 0 Å². The lowest BCUT2D eigenvalue weighted by atomic mass is 10.0. The Hall–Kier alpha value is -3.76. The maximum Gasteiger partial charge on any atom is 0.303 e. The Morgan fingerprint density at radius 3 is 2.26 bits per heavy atom. The van der Waals surface area contributed by atoms with E-state index < -0.39 is 5.97 Å². The predicted octanol–water partition coefficient (Wildman–Crippen LogP) is 8.15. The first kappa shape index (κ1) is 24.4. The largest absolute Gasteiger partial charge is 0.481 e. The highest BCUT2D eigenvalue weighted by atomic mass is 35.5. The molecule has 0 radical (unpaired) electrons. The molecule has 178 valence electrons. The summed E-state index contributed by atoms with van der Waals surface area (Å²) < 4.78 is 12.4. The van der Waals surface area contributed by atoms with E-state index in [2.05, 4.69) is 12.1 Å². The summed E-state index contributed by atoms with van der Waals surface area (Å²) in [6.45, 7) is 3.95. The van der Waals surface area contributed by atoms with Gasteiger partial charge in [0.25, 0.3) is 0 Å². The van der Waals surface area contributed by atoms with E-state index in [1.807, 2.05) is 86.6 Å². The first-order chi connectivity index (χ1) is 16.9. The summed E-state index contributed by atoms with van der Waals surface area (Å²) in [6.07, 6.45) is 1.31. The molecule has 0 spiro atoms. The van der Waals surface area contributed by atoms with Crippen LogP contribution in [-0.4, -0.2) is 11.1 Å². The Kier molecular flexibility index (Phi) is 7.74. The lowest BCUT2D eigenvalue weighted by Crippen LogP contribution is -1.99. The lowest BCUT2D eigenvalue weighted by molar-refractivity contribution is -0.136. The van der Waals surface area contributed by atoms with Crippen molar-refractivity contribution < 1.29 is 19.4 Å². The molecule has 4 aromatic carbocycles. The van der Waals surface area contributed by atoms with Gasteiger partial charge in [-0.05, 0) is 85.0 Å². The van der Waals surface area contributed by atoms with Crippen molar-refractivity contribution in [1.29, 1.82) is 0 Å². The molecule has 0 atom stereocenters. The fourth-order valence-corrected chi connectivity index (χ4v) is 4.15. The van der Waals surface area contributed by atoms with Crippen molar-refractivity contribution in [3.05, 3.63) is 118 Å². The Morgan fingerprint density at radius 2 is 1.54 bits per heavy atom. The van der Waals surface area contributed by atoms with Crippen LogP contribution in [0.2, 0.25) is 5.02 Å². The van der Waals surface area contributed by atoms with E-state index in [4.69, 9.17) is 26.2 Å². The number of hydrogen-bond acceptors (Lipinski definition) is 3. The summed E-state index contributed by atoms with van der Waals surface area (Å²) in [5.74, 6) is 1.97. The molecule has 5 heteroatoms. The number of carboxylic acids is 1. The average Bonchev–Trinajstić information content (AvgIpc) is 2.80. The van der Waals surface area contributed by atoms with Crippen LogP contribution in [0.1, 0.15) is 34.2 Å². The summed E-state index contributed by atoms with van der Waals surface area (Å²) in [4.78, 5) is 10.9. The average molecular weight is 487 g/mol. The molecule has 0 saturated heterocycles. The molecule has 0 unspecified atom stereocenters. The third-order valence-corrected chi connectivity index (χ3v) is 5.91. The van der Waals surface area contributed by atoms with Crippen LogP contribution in [0, 0.1) is 13.8 Å². The van der Waals surface area contributed by atoms with Gasteiger partial charge in [0.1, 0.15) is 23.0 Å². The summed E-state index contributed by atoms with van der Waals surface area (Å²) in [5, 5.41) is 9.60. The normalized spacial score (nSPS) is 10.7. The minimum Gasteiger partial charge on any atom is -0.481 e. The van der Waals surface area contributed by atoms with Gasteiger partial charge in [-0.1, -0.05) is 48.0 Å². The Balaban J connectivity index is 1.54. The van der Waals surface area contributed by atoms with Crippen LogP contribution in [0.25, 0.3) is 0 Å². The fourth-order valence-electron chi connectivity index (χ4n) is 3.95. The first-order valence-electron chi connectivity index (χ1n) is 11.5. The molecular formula is C30H27ClO4. The van der Waals surface area contributed by atoms with Gasteiger partial charge < -0.3 is 14.6 Å². The molecule has 1 N–H and O–H groups in total. The van der Waals surface area contributed by atoms with Gasteiger partial charge in [-0.3, -0.25) is 4.79 Å². The third-order valence-electron chi connectivity index (χ3n) is 5.67. The SMILES string of the molecule is Cc1cc(Oc2ccc(CCC(=O)O)c(C)c2)cc(Oc2ccc(Cl)cc2Cc2ccccc2)c1. The van der Waals surface area contributed by atoms with E-state index >= 15 is 0 Å². The molecule has 0 aliphatic heterocycles. The summed E-state index contributed by atoms with van der Waals surface area (Å²) >= 11 is 6.28. The van der Waals surface area contributed by atoms with E-state index in [9.17, 15) is 4.79 Å². The number of aliphatic carboxylic acids is 1. The van der Waals surface area contributed by atoms with Crippen LogP contribution in [0.15, 0.2) is 84.9 Å². The topological polar surface area (TPSA) is 55.8 Å². The van der Waals surface area contributed by atoms with Gasteiger partial charge >= 0.3 is 5.97 Å². The van der Waals surface area contributed by atoms with E-state index in [1.54, 1.807) is 0 Å². The van der Waals surface area contributed by atoms with Crippen molar-refractivity contribution in [2.75, 3.05) is 0 Å². The number of carbonyl (C=O) groups is 1. The van der Waals surface area contributed by atoms with Gasteiger partial charge in [0, 0.05) is 29.5 Å². The second kappa shape index (κ2) is 11.1. The van der Waals surface area contributed by atoms with E-state index in [1.165, 1.54) is 5.56 Å². The number of ether oxygens (including phenoxy) is 2. The molecule has 0 fully saturated rings. The van der Waals surface area contributed by atoms with Gasteiger partial charge in [0.15, 0.2) is 0 Å². The number of carboxylic acid groups (broad SMARTS) is 1. The fraction of sp³-hybridized carbons (Fsp3) is 0.167. The highest BCUT2D eigenvalue weighted by Crippen LogP contribution is 2.34. The van der Waals surface area contributed by atoms with Crippen molar-refractivity contribution >= 4 is 17.6 Å². The molecule has 0 saturated carbocycles. The molecule has 0 aromatic heterocycles. The molecule has 35 heavy (non-hydrogen) atoms. The van der Waals surface area contributed by atoms with Crippen LogP contribution in [-0.2, 0) is 17.6 Å². The van der Waals surface area contributed by atoms with Crippen molar-refractivity contribution in [1.82, 2.24) is 0 Å². The standard InChI is InChI=1S/C30H27ClO4/c1-20-14-27(34-26-11-8-23(21(2)16-26)9-13-30(32)33)19-28(15-20)35-29-12-10-25(31)18-24(29)17-22-6-4-3-5-7-22/h3-8,10-12,14-16,18-19H,9,13,17H2,1-2H3,(H,32,33). The number of halogens is 1. The first-order valence-corrected chi connectivity index (χ1v) is 11.8. The number of hydrogen-bond donors (Lipinski definition) is 1. The van der Waals surface area contributed by atoms with Crippen molar-refractivity contribution in [3.8, 4) is 23.0 Å². The highest BCUT2D eigenvalue weighted by molar-refractivity contribution is 6.30. The Labute approximate surface area is 210 Å². The summed E-state index contributed by atoms with van der Waals surface area (Å²) in [5.41, 5.74) is 5.18. The number of benzene rings is 4. The second-order valence-electron chi connectivity index (χ2n) is 8.58. The second-order valence-corrected chi connectivity index (χ2v) is 9.02. The van der Waals surface area contributed by atoms with Crippen LogP contribution in [0.4, 0.5) is 0 Å². The maximum absolute atomic E-state index is 10.9. The minimum absolute atomic E-state index is 0.108. The zero-order chi connectivity index (χ0) is 24.8. The smallest absolute Gasteiger partial charge is 0.303 e. The molecule has 4 aromatic rings. The highest BCUT2D eigenvalue weighted by Gasteiger charge is 2.10. The van der Waals surface area contributed by atoms with Gasteiger partial charge in [0.2, 0.25) is 0 Å². The molecular weight excluding hydrogens is 460 g/mol. The number of rotatable bonds is 9. The quantitative estimate of drug-likeness (QED) is 0.259. The van der Waals surface area contributed by atoms with E-state index in [0.717, 1.165) is 28.0 Å². The van der Waals surface area contributed by atoms with Crippen molar-refractivity contribution in [3.63, 3.8) is 0 Å². The Bertz CT molecular complexity index is 1330. The van der Waals surface area contributed by atoms with Crippen LogP contribution in [0.3, 0.4) is 0 Å². The molecule has 0 bridgehead atoms. The van der Waals surface area contributed by atoms with Gasteiger partial charge in [-0.15, -0.1) is 0 Å². The lowest BCUT2D eigenvalue weighted by Gasteiger charge is -2.15. The molecule has 0 aliphatic carbocycles. The van der Waals surface area contributed by atoms with Gasteiger partial charge in [-0.2, -0.15) is 0 Å². The summed E-state index contributed by atoms with van der Waals surface area (Å²) in [7, 11) is 0. The van der Waals surface area contributed by atoms with Crippen LogP contribution in [0.5, 0.6) is 23.0 Å². The molecule has 4 rings (SSSR count). The maximum atomic E-state index is 10.9.